The van der Waals surface area contributed by atoms with Gasteiger partial charge >= 0.3 is 6.03 Å². The Morgan fingerprint density at radius 3 is 2.52 bits per heavy atom. The molecular weight excluding hydrogens is 318 g/mol. The van der Waals surface area contributed by atoms with Crippen LogP contribution in [0.25, 0.3) is 5.69 Å². The third-order valence-electron chi connectivity index (χ3n) is 3.74. The molecule has 7 nitrogen and oxygen atoms in total. The number of aliphatic hydroxyl groups excluding tert-OH is 1. The average Bonchev–Trinajstić information content (AvgIpc) is 3.17. The van der Waals surface area contributed by atoms with Gasteiger partial charge in [0.1, 0.15) is 0 Å². The van der Waals surface area contributed by atoms with E-state index in [1.54, 1.807) is 29.2 Å². The molecule has 3 aromatic rings. The Hall–Kier alpha value is -3.19. The number of nitrogens with zero attached hydrogens (tertiary/aromatic N) is 3. The van der Waals surface area contributed by atoms with E-state index in [4.69, 9.17) is 0 Å². The van der Waals surface area contributed by atoms with Crippen LogP contribution < -0.4 is 10.6 Å². The lowest BCUT2D eigenvalue weighted by molar-refractivity contribution is 0.239. The zero-order valence-corrected chi connectivity index (χ0v) is 13.5. The highest BCUT2D eigenvalue weighted by Crippen LogP contribution is 2.17. The maximum atomic E-state index is 12.3. The summed E-state index contributed by atoms with van der Waals surface area (Å²) in [7, 11) is 0. The monoisotopic (exact) mass is 337 g/mol. The lowest BCUT2D eigenvalue weighted by Gasteiger charge is -2.18. The number of hydrogen-bond donors (Lipinski definition) is 3. The van der Waals surface area contributed by atoms with Gasteiger partial charge in [-0.2, -0.15) is 0 Å². The molecule has 0 fully saturated rings. The van der Waals surface area contributed by atoms with Crippen LogP contribution in [0.4, 0.5) is 10.5 Å². The summed E-state index contributed by atoms with van der Waals surface area (Å²) in [6, 6.07) is 16.3. The standard InChI is InChI=1S/C18H19N5O2/c24-13-10-17(14-4-2-1-3-5-14)21-18(25)20-15-6-8-16(9-7-15)23-12-11-19-22-23/h1-9,11-12,17,24H,10,13H2,(H2,20,21,25)/t17-/m1/s1. The number of nitrogens with one attached hydrogen (secondary N) is 2. The van der Waals surface area contributed by atoms with Gasteiger partial charge in [0.2, 0.25) is 0 Å². The first kappa shape index (κ1) is 16.7. The van der Waals surface area contributed by atoms with Gasteiger partial charge in [0.15, 0.2) is 0 Å². The molecule has 3 rings (SSSR count). The van der Waals surface area contributed by atoms with Gasteiger partial charge < -0.3 is 15.7 Å². The molecule has 0 saturated carbocycles. The molecule has 2 aromatic carbocycles. The first-order valence-electron chi connectivity index (χ1n) is 7.96. The molecule has 128 valence electrons. The molecule has 1 aromatic heterocycles. The lowest BCUT2D eigenvalue weighted by Crippen LogP contribution is -2.33. The van der Waals surface area contributed by atoms with Crippen molar-refractivity contribution in [3.05, 3.63) is 72.6 Å². The molecule has 2 amide bonds. The van der Waals surface area contributed by atoms with Crippen molar-refractivity contribution in [1.82, 2.24) is 20.3 Å². The van der Waals surface area contributed by atoms with Crippen molar-refractivity contribution < 1.29 is 9.90 Å². The Morgan fingerprint density at radius 1 is 1.12 bits per heavy atom. The van der Waals surface area contributed by atoms with Crippen LogP contribution in [0, 0.1) is 0 Å². The predicted octanol–water partition coefficient (Wildman–Crippen LogP) is 2.51. The zero-order chi connectivity index (χ0) is 17.5. The Balaban J connectivity index is 1.63. The molecule has 0 aliphatic carbocycles. The highest BCUT2D eigenvalue weighted by molar-refractivity contribution is 5.89. The second kappa shape index (κ2) is 8.07. The summed E-state index contributed by atoms with van der Waals surface area (Å²) < 4.78 is 1.64. The third-order valence-corrected chi connectivity index (χ3v) is 3.74. The number of benzene rings is 2. The second-order valence-electron chi connectivity index (χ2n) is 5.47. The number of aromatic nitrogens is 3. The molecule has 0 radical (unpaired) electrons. The smallest absolute Gasteiger partial charge is 0.319 e. The topological polar surface area (TPSA) is 92.1 Å². The second-order valence-corrected chi connectivity index (χ2v) is 5.47. The minimum absolute atomic E-state index is 0.00750. The van der Waals surface area contributed by atoms with Crippen molar-refractivity contribution in [3.63, 3.8) is 0 Å². The fraction of sp³-hybridized carbons (Fsp3) is 0.167. The number of carbonyl (C=O) groups excluding carboxylic acids is 1. The van der Waals surface area contributed by atoms with Crippen LogP contribution in [0.2, 0.25) is 0 Å². The van der Waals surface area contributed by atoms with Crippen LogP contribution in [0.15, 0.2) is 67.0 Å². The minimum Gasteiger partial charge on any atom is -0.396 e. The van der Waals surface area contributed by atoms with E-state index >= 15 is 0 Å². The summed E-state index contributed by atoms with van der Waals surface area (Å²) in [4.78, 5) is 12.3. The molecule has 0 aliphatic rings. The van der Waals surface area contributed by atoms with Crippen molar-refractivity contribution in [1.29, 1.82) is 0 Å². The normalized spacial score (nSPS) is 11.7. The van der Waals surface area contributed by atoms with Crippen LogP contribution in [-0.2, 0) is 0 Å². The van der Waals surface area contributed by atoms with Gasteiger partial charge in [-0.15, -0.1) is 5.10 Å². The molecular formula is C18H19N5O2. The van der Waals surface area contributed by atoms with Crippen molar-refractivity contribution in [2.45, 2.75) is 12.5 Å². The van der Waals surface area contributed by atoms with Crippen LogP contribution in [0.5, 0.6) is 0 Å². The summed E-state index contributed by atoms with van der Waals surface area (Å²) in [5, 5.41) is 22.6. The maximum Gasteiger partial charge on any atom is 0.319 e. The van der Waals surface area contributed by atoms with E-state index in [0.717, 1.165) is 11.3 Å². The highest BCUT2D eigenvalue weighted by atomic mass is 16.3. The van der Waals surface area contributed by atoms with Gasteiger partial charge in [-0.25, -0.2) is 9.48 Å². The fourth-order valence-corrected chi connectivity index (χ4v) is 2.51. The summed E-state index contributed by atoms with van der Waals surface area (Å²) in [6.07, 6.45) is 3.79. The fourth-order valence-electron chi connectivity index (χ4n) is 2.51. The summed E-state index contributed by atoms with van der Waals surface area (Å²) in [6.45, 7) is -0.00750. The number of anilines is 1. The molecule has 0 aliphatic heterocycles. The number of rotatable bonds is 6. The highest BCUT2D eigenvalue weighted by Gasteiger charge is 2.14. The van der Waals surface area contributed by atoms with Crippen molar-refractivity contribution in [3.8, 4) is 5.69 Å². The molecule has 25 heavy (non-hydrogen) atoms. The van der Waals surface area contributed by atoms with E-state index in [1.165, 1.54) is 0 Å². The molecule has 3 N–H and O–H groups in total. The predicted molar refractivity (Wildman–Crippen MR) is 94.4 cm³/mol. The van der Waals surface area contributed by atoms with Crippen LogP contribution in [0.1, 0.15) is 18.0 Å². The van der Waals surface area contributed by atoms with Gasteiger partial charge in [0, 0.05) is 12.3 Å². The summed E-state index contributed by atoms with van der Waals surface area (Å²) >= 11 is 0. The van der Waals surface area contributed by atoms with Crippen LogP contribution >= 0.6 is 0 Å². The van der Waals surface area contributed by atoms with E-state index in [2.05, 4.69) is 20.9 Å². The SMILES string of the molecule is O=C(Nc1ccc(-n2ccnn2)cc1)N[C@H](CCO)c1ccccc1. The van der Waals surface area contributed by atoms with Crippen molar-refractivity contribution in [2.75, 3.05) is 11.9 Å². The van der Waals surface area contributed by atoms with Crippen molar-refractivity contribution >= 4 is 11.7 Å². The van der Waals surface area contributed by atoms with E-state index < -0.39 is 0 Å². The molecule has 1 heterocycles. The average molecular weight is 337 g/mol. The maximum absolute atomic E-state index is 12.3. The van der Waals surface area contributed by atoms with E-state index in [1.807, 2.05) is 42.5 Å². The Bertz CT molecular complexity index is 788. The number of aliphatic hydroxyl groups is 1. The number of hydrogen-bond acceptors (Lipinski definition) is 4. The van der Waals surface area contributed by atoms with Crippen LogP contribution in [0.3, 0.4) is 0 Å². The van der Waals surface area contributed by atoms with Crippen molar-refractivity contribution in [2.24, 2.45) is 0 Å². The summed E-state index contributed by atoms with van der Waals surface area (Å²) in [5.41, 5.74) is 2.47. The Morgan fingerprint density at radius 2 is 1.88 bits per heavy atom. The molecule has 0 unspecified atom stereocenters. The van der Waals surface area contributed by atoms with E-state index in [0.29, 0.717) is 12.1 Å². The van der Waals surface area contributed by atoms with Crippen LogP contribution in [-0.4, -0.2) is 32.7 Å². The Labute approximate surface area is 145 Å². The number of urea groups is 1. The lowest BCUT2D eigenvalue weighted by atomic mass is 10.0. The molecule has 0 saturated heterocycles. The van der Waals surface area contributed by atoms with Gasteiger partial charge in [-0.3, -0.25) is 0 Å². The quantitative estimate of drug-likeness (QED) is 0.644. The molecule has 7 heteroatoms. The van der Waals surface area contributed by atoms with Gasteiger partial charge in [0.25, 0.3) is 0 Å². The first-order chi connectivity index (χ1) is 12.3. The van der Waals surface area contributed by atoms with E-state index in [9.17, 15) is 9.90 Å². The Kier molecular flexibility index (Phi) is 5.38. The van der Waals surface area contributed by atoms with E-state index in [-0.39, 0.29) is 18.7 Å². The van der Waals surface area contributed by atoms with Gasteiger partial charge in [-0.05, 0) is 36.2 Å². The number of carbonyl (C=O) groups is 1. The largest absolute Gasteiger partial charge is 0.396 e. The van der Waals surface area contributed by atoms with Gasteiger partial charge in [-0.1, -0.05) is 35.5 Å². The zero-order valence-electron chi connectivity index (χ0n) is 13.5. The summed E-state index contributed by atoms with van der Waals surface area (Å²) in [5.74, 6) is 0. The van der Waals surface area contributed by atoms with Gasteiger partial charge in [0.05, 0.1) is 24.1 Å². The number of amides is 2. The first-order valence-corrected chi connectivity index (χ1v) is 7.96. The molecule has 1 atom stereocenters. The third kappa shape index (κ3) is 4.42. The molecule has 0 spiro atoms. The minimum atomic E-state index is -0.323. The molecule has 0 bridgehead atoms.